The lowest BCUT2D eigenvalue weighted by atomic mass is 10.2. The molecule has 0 saturated heterocycles. The molecule has 1 unspecified atom stereocenters. The third kappa shape index (κ3) is 2.39. The van der Waals surface area contributed by atoms with Crippen LogP contribution in [0.1, 0.15) is 12.5 Å². The summed E-state index contributed by atoms with van der Waals surface area (Å²) in [5.74, 6) is -0.623. The minimum Gasteiger partial charge on any atom is -0.301 e. The van der Waals surface area contributed by atoms with E-state index >= 15 is 0 Å². The van der Waals surface area contributed by atoms with Gasteiger partial charge in [-0.15, -0.1) is 11.7 Å². The predicted octanol–water partition coefficient (Wildman–Crippen LogP) is 2.72. The van der Waals surface area contributed by atoms with Gasteiger partial charge < -0.3 is 4.57 Å². The van der Waals surface area contributed by atoms with Crippen LogP contribution in [0.3, 0.4) is 0 Å². The van der Waals surface area contributed by atoms with Crippen molar-refractivity contribution in [3.05, 3.63) is 51.5 Å². The van der Waals surface area contributed by atoms with Crippen molar-refractivity contribution in [2.75, 3.05) is 0 Å². The summed E-state index contributed by atoms with van der Waals surface area (Å²) in [5.41, 5.74) is 0.445. The van der Waals surface area contributed by atoms with Gasteiger partial charge in [-0.05, 0) is 18.6 Å². The van der Waals surface area contributed by atoms with E-state index in [1.165, 1.54) is 21.2 Å². The van der Waals surface area contributed by atoms with Gasteiger partial charge in [0.15, 0.2) is 4.77 Å². The van der Waals surface area contributed by atoms with E-state index in [-0.39, 0.29) is 12.1 Å². The van der Waals surface area contributed by atoms with Crippen LogP contribution in [-0.4, -0.2) is 19.2 Å². The molecule has 100 valence electrons. The molecule has 0 bridgehead atoms. The van der Waals surface area contributed by atoms with Crippen molar-refractivity contribution in [3.63, 3.8) is 0 Å². The zero-order chi connectivity index (χ0) is 14.0. The number of hydrogen-bond donors (Lipinski definition) is 1. The molecular formula is C11H10ClFN4OS. The van der Waals surface area contributed by atoms with Crippen molar-refractivity contribution in [1.29, 1.82) is 0 Å². The summed E-state index contributed by atoms with van der Waals surface area (Å²) in [6.45, 7) is 3.54. The SMILES string of the molecule is C=CCC(/C(F)=C/Cl)n1ccn2c(=S)[nH]nc2c1=O. The highest BCUT2D eigenvalue weighted by molar-refractivity contribution is 7.71. The van der Waals surface area contributed by atoms with E-state index in [2.05, 4.69) is 16.8 Å². The summed E-state index contributed by atoms with van der Waals surface area (Å²) in [6.07, 6.45) is 4.72. The van der Waals surface area contributed by atoms with Gasteiger partial charge in [-0.2, -0.15) is 0 Å². The van der Waals surface area contributed by atoms with E-state index in [1.54, 1.807) is 6.20 Å². The number of fused-ring (bicyclic) bond motifs is 1. The molecule has 0 aliphatic carbocycles. The normalized spacial score (nSPS) is 13.7. The molecule has 0 saturated carbocycles. The summed E-state index contributed by atoms with van der Waals surface area (Å²) in [5, 5.41) is 6.32. The Hall–Kier alpha value is -1.73. The highest BCUT2D eigenvalue weighted by Crippen LogP contribution is 2.22. The van der Waals surface area contributed by atoms with Gasteiger partial charge in [0.25, 0.3) is 5.56 Å². The molecule has 1 N–H and O–H groups in total. The van der Waals surface area contributed by atoms with Crippen LogP contribution in [0.5, 0.6) is 0 Å². The van der Waals surface area contributed by atoms with Crippen molar-refractivity contribution < 1.29 is 4.39 Å². The van der Waals surface area contributed by atoms with Gasteiger partial charge in [0, 0.05) is 17.9 Å². The van der Waals surface area contributed by atoms with Crippen molar-refractivity contribution >= 4 is 29.5 Å². The van der Waals surface area contributed by atoms with Crippen LogP contribution < -0.4 is 5.56 Å². The first-order valence-corrected chi connectivity index (χ1v) is 6.19. The highest BCUT2D eigenvalue weighted by atomic mass is 35.5. The lowest BCUT2D eigenvalue weighted by Gasteiger charge is -2.16. The summed E-state index contributed by atoms with van der Waals surface area (Å²) < 4.78 is 16.6. The Bertz CT molecular complexity index is 760. The number of hydrogen-bond acceptors (Lipinski definition) is 3. The Labute approximate surface area is 117 Å². The van der Waals surface area contributed by atoms with Gasteiger partial charge in [0.2, 0.25) is 5.65 Å². The van der Waals surface area contributed by atoms with Crippen molar-refractivity contribution in [2.45, 2.75) is 12.5 Å². The lowest BCUT2D eigenvalue weighted by molar-refractivity contribution is 0.446. The standard InChI is InChI=1S/C11H10ClFN4OS/c1-2-3-8(7(13)6-12)16-4-5-17-9(10(16)18)14-15-11(17)19/h2,4-6,8H,1,3H2,(H,15,19)/b7-6-. The van der Waals surface area contributed by atoms with Crippen molar-refractivity contribution in [2.24, 2.45) is 0 Å². The largest absolute Gasteiger partial charge is 0.301 e. The third-order valence-electron chi connectivity index (χ3n) is 2.65. The maximum Gasteiger partial charge on any atom is 0.296 e. The quantitative estimate of drug-likeness (QED) is 0.698. The maximum absolute atomic E-state index is 13.7. The molecule has 5 nitrogen and oxygen atoms in total. The van der Waals surface area contributed by atoms with E-state index in [4.69, 9.17) is 23.8 Å². The van der Waals surface area contributed by atoms with Crippen molar-refractivity contribution in [3.8, 4) is 0 Å². The van der Waals surface area contributed by atoms with Crippen molar-refractivity contribution in [1.82, 2.24) is 19.2 Å². The Balaban J connectivity index is 2.67. The summed E-state index contributed by atoms with van der Waals surface area (Å²) in [7, 11) is 0. The minimum atomic E-state index is -0.835. The van der Waals surface area contributed by atoms with Crippen LogP contribution in [0.4, 0.5) is 4.39 Å². The Kier molecular flexibility index (Phi) is 3.96. The average molecular weight is 301 g/mol. The summed E-state index contributed by atoms with van der Waals surface area (Å²) in [6, 6.07) is -0.835. The van der Waals surface area contributed by atoms with E-state index in [1.807, 2.05) is 0 Å². The van der Waals surface area contributed by atoms with Gasteiger partial charge >= 0.3 is 0 Å². The van der Waals surface area contributed by atoms with Gasteiger partial charge in [-0.3, -0.25) is 14.3 Å². The zero-order valence-corrected chi connectivity index (χ0v) is 11.3. The molecule has 19 heavy (non-hydrogen) atoms. The number of allylic oxidation sites excluding steroid dienone is 2. The molecule has 2 heterocycles. The van der Waals surface area contributed by atoms with Gasteiger partial charge in [-0.1, -0.05) is 17.7 Å². The molecule has 8 heteroatoms. The van der Waals surface area contributed by atoms with Gasteiger partial charge in [0.05, 0.1) is 6.04 Å². The zero-order valence-electron chi connectivity index (χ0n) is 9.72. The molecule has 2 rings (SSSR count). The number of nitrogens with zero attached hydrogens (tertiary/aromatic N) is 3. The molecule has 0 aromatic carbocycles. The fourth-order valence-corrected chi connectivity index (χ4v) is 2.09. The van der Waals surface area contributed by atoms with Crippen LogP contribution in [0.15, 0.2) is 41.2 Å². The van der Waals surface area contributed by atoms with Crippen LogP contribution >= 0.6 is 23.8 Å². The van der Waals surface area contributed by atoms with E-state index in [0.717, 1.165) is 5.54 Å². The van der Waals surface area contributed by atoms with E-state index in [0.29, 0.717) is 4.77 Å². The molecule has 1 atom stereocenters. The number of H-pyrrole nitrogens is 1. The predicted molar refractivity (Wildman–Crippen MR) is 73.5 cm³/mol. The molecule has 0 fully saturated rings. The Morgan fingerprint density at radius 3 is 3.05 bits per heavy atom. The first-order valence-electron chi connectivity index (χ1n) is 5.34. The monoisotopic (exact) mass is 300 g/mol. The van der Waals surface area contributed by atoms with E-state index in [9.17, 15) is 9.18 Å². The fourth-order valence-electron chi connectivity index (χ4n) is 1.75. The first-order chi connectivity index (χ1) is 9.10. The molecule has 0 amide bonds. The lowest BCUT2D eigenvalue weighted by Crippen LogP contribution is -2.26. The number of aromatic amines is 1. The number of nitrogens with one attached hydrogen (secondary N) is 1. The van der Waals surface area contributed by atoms with Crippen LogP contribution in [0, 0.1) is 4.77 Å². The molecular weight excluding hydrogens is 291 g/mol. The second-order valence-electron chi connectivity index (χ2n) is 3.77. The van der Waals surface area contributed by atoms with Crippen LogP contribution in [0.25, 0.3) is 5.65 Å². The molecule has 0 aliphatic rings. The Morgan fingerprint density at radius 2 is 2.42 bits per heavy atom. The maximum atomic E-state index is 13.7. The van der Waals surface area contributed by atoms with E-state index < -0.39 is 17.4 Å². The summed E-state index contributed by atoms with van der Waals surface area (Å²) in [4.78, 5) is 12.2. The van der Waals surface area contributed by atoms with Crippen LogP contribution in [-0.2, 0) is 0 Å². The molecule has 0 aliphatic heterocycles. The topological polar surface area (TPSA) is 55.1 Å². The number of halogens is 2. The second-order valence-corrected chi connectivity index (χ2v) is 4.37. The first kappa shape index (κ1) is 13.7. The molecule has 0 radical (unpaired) electrons. The minimum absolute atomic E-state index is 0.101. The molecule has 2 aromatic heterocycles. The smallest absolute Gasteiger partial charge is 0.296 e. The van der Waals surface area contributed by atoms with Gasteiger partial charge in [-0.25, -0.2) is 4.39 Å². The molecule has 2 aromatic rings. The van der Waals surface area contributed by atoms with Crippen LogP contribution in [0.2, 0.25) is 0 Å². The molecule has 0 spiro atoms. The summed E-state index contributed by atoms with van der Waals surface area (Å²) >= 11 is 10.3. The highest BCUT2D eigenvalue weighted by Gasteiger charge is 2.18. The second kappa shape index (κ2) is 5.50. The average Bonchev–Trinajstić information content (AvgIpc) is 2.79. The number of rotatable bonds is 4. The third-order valence-corrected chi connectivity index (χ3v) is 3.15. The Morgan fingerprint density at radius 1 is 1.68 bits per heavy atom. The number of aromatic nitrogens is 4. The van der Waals surface area contributed by atoms with Gasteiger partial charge in [0.1, 0.15) is 5.83 Å². The fraction of sp³-hybridized carbons (Fsp3) is 0.182.